The molecule has 0 aromatic heterocycles. The fraction of sp³-hybridized carbons (Fsp3) is 0.538. The van der Waals surface area contributed by atoms with E-state index in [2.05, 4.69) is 0 Å². The maximum atomic E-state index is 11.5. The predicted molar refractivity (Wildman–Crippen MR) is 75.6 cm³/mol. The highest BCUT2D eigenvalue weighted by Gasteiger charge is 2.10. The lowest BCUT2D eigenvalue weighted by molar-refractivity contribution is 0.125. The molecule has 0 bridgehead atoms. The fourth-order valence-corrected chi connectivity index (χ4v) is 2.48. The number of nitrogens with two attached hydrogens (primary N) is 1. The first-order chi connectivity index (χ1) is 9.15. The van der Waals surface area contributed by atoms with Crippen LogP contribution in [0.4, 0.5) is 0 Å². The maximum Gasteiger partial charge on any atom is 0.119 e. The first-order valence-electron chi connectivity index (χ1n) is 6.09. The van der Waals surface area contributed by atoms with Crippen LogP contribution in [-0.4, -0.2) is 47.2 Å². The van der Waals surface area contributed by atoms with Crippen LogP contribution in [0, 0.1) is 0 Å². The molecule has 0 heterocycles. The maximum absolute atomic E-state index is 11.5. The number of benzene rings is 1. The Balaban J connectivity index is 2.28. The average Bonchev–Trinajstić information content (AvgIpc) is 2.43. The Bertz CT molecular complexity index is 383. The molecule has 0 fully saturated rings. The molecule has 0 saturated heterocycles. The van der Waals surface area contributed by atoms with Crippen LogP contribution in [0.3, 0.4) is 0 Å². The Hall–Kier alpha value is -0.950. The Labute approximate surface area is 116 Å². The van der Waals surface area contributed by atoms with Gasteiger partial charge in [0.25, 0.3) is 0 Å². The van der Waals surface area contributed by atoms with E-state index in [0.29, 0.717) is 24.7 Å². The van der Waals surface area contributed by atoms with Gasteiger partial charge in [0, 0.05) is 30.2 Å². The molecule has 0 saturated carbocycles. The van der Waals surface area contributed by atoms with Crippen molar-refractivity contribution in [1.82, 2.24) is 0 Å². The first-order valence-corrected chi connectivity index (χ1v) is 7.58. The van der Waals surface area contributed by atoms with Crippen molar-refractivity contribution >= 4 is 10.8 Å². The summed E-state index contributed by atoms with van der Waals surface area (Å²) in [6.45, 7) is 1.04. The van der Waals surface area contributed by atoms with E-state index < -0.39 is 16.9 Å². The Morgan fingerprint density at radius 2 is 2.05 bits per heavy atom. The first kappa shape index (κ1) is 16.1. The van der Waals surface area contributed by atoms with Crippen LogP contribution in [-0.2, 0) is 22.1 Å². The van der Waals surface area contributed by atoms with Gasteiger partial charge in [-0.25, -0.2) is 0 Å². The molecule has 0 radical (unpaired) electrons. The molecule has 0 amide bonds. The van der Waals surface area contributed by atoms with Gasteiger partial charge in [0.15, 0.2) is 0 Å². The van der Waals surface area contributed by atoms with Gasteiger partial charge >= 0.3 is 0 Å². The standard InChI is InChI=1S/C13H21NO4S/c1-17-6-7-19(16)10-12(15)9-18-13-4-2-11(8-14)3-5-13/h2-5,12,15H,6-10,14H2,1H3. The van der Waals surface area contributed by atoms with Crippen LogP contribution in [0.15, 0.2) is 24.3 Å². The van der Waals surface area contributed by atoms with Gasteiger partial charge < -0.3 is 20.3 Å². The second-order valence-corrected chi connectivity index (χ2v) is 5.74. The number of rotatable bonds is 9. The van der Waals surface area contributed by atoms with Crippen molar-refractivity contribution in [2.45, 2.75) is 12.6 Å². The van der Waals surface area contributed by atoms with Crippen LogP contribution in [0.5, 0.6) is 5.75 Å². The number of aliphatic hydroxyl groups excluding tert-OH is 1. The molecule has 2 unspecified atom stereocenters. The smallest absolute Gasteiger partial charge is 0.119 e. The third-order valence-corrected chi connectivity index (χ3v) is 3.87. The summed E-state index contributed by atoms with van der Waals surface area (Å²) in [7, 11) is 0.473. The van der Waals surface area contributed by atoms with Crippen molar-refractivity contribution in [1.29, 1.82) is 0 Å². The summed E-state index contributed by atoms with van der Waals surface area (Å²) < 4.78 is 21.8. The van der Waals surface area contributed by atoms with E-state index in [-0.39, 0.29) is 12.4 Å². The summed E-state index contributed by atoms with van der Waals surface area (Å²) in [6.07, 6.45) is -0.744. The van der Waals surface area contributed by atoms with Crippen molar-refractivity contribution in [3.63, 3.8) is 0 Å². The van der Waals surface area contributed by atoms with E-state index in [0.717, 1.165) is 5.56 Å². The molecule has 3 N–H and O–H groups in total. The van der Waals surface area contributed by atoms with Crippen molar-refractivity contribution in [2.75, 3.05) is 31.8 Å². The summed E-state index contributed by atoms with van der Waals surface area (Å²) in [5.41, 5.74) is 6.51. The van der Waals surface area contributed by atoms with Crippen molar-refractivity contribution in [3.05, 3.63) is 29.8 Å². The van der Waals surface area contributed by atoms with Gasteiger partial charge in [-0.3, -0.25) is 4.21 Å². The van der Waals surface area contributed by atoms with Gasteiger partial charge in [0.05, 0.1) is 18.5 Å². The van der Waals surface area contributed by atoms with Gasteiger partial charge in [0.2, 0.25) is 0 Å². The highest BCUT2D eigenvalue weighted by Crippen LogP contribution is 2.12. The number of ether oxygens (including phenoxy) is 2. The second-order valence-electron chi connectivity index (χ2n) is 4.12. The van der Waals surface area contributed by atoms with Crippen LogP contribution in [0.2, 0.25) is 0 Å². The monoisotopic (exact) mass is 287 g/mol. The Kier molecular flexibility index (Phi) is 7.66. The summed E-state index contributed by atoms with van der Waals surface area (Å²) in [6, 6.07) is 7.35. The third kappa shape index (κ3) is 6.68. The van der Waals surface area contributed by atoms with E-state index in [1.165, 1.54) is 0 Å². The Morgan fingerprint density at radius 3 is 2.63 bits per heavy atom. The Morgan fingerprint density at radius 1 is 1.37 bits per heavy atom. The van der Waals surface area contributed by atoms with E-state index in [1.807, 2.05) is 12.1 Å². The van der Waals surface area contributed by atoms with Gasteiger partial charge in [-0.1, -0.05) is 12.1 Å². The molecule has 0 aliphatic heterocycles. The molecule has 19 heavy (non-hydrogen) atoms. The third-order valence-electron chi connectivity index (χ3n) is 2.49. The topological polar surface area (TPSA) is 81.8 Å². The summed E-state index contributed by atoms with van der Waals surface area (Å²) in [5.74, 6) is 1.29. The van der Waals surface area contributed by atoms with Crippen molar-refractivity contribution in [3.8, 4) is 5.75 Å². The number of hydrogen-bond donors (Lipinski definition) is 2. The normalized spacial score (nSPS) is 14.1. The molecule has 0 spiro atoms. The molecular weight excluding hydrogens is 266 g/mol. The molecule has 0 aliphatic carbocycles. The van der Waals surface area contributed by atoms with Crippen LogP contribution in [0.1, 0.15) is 5.56 Å². The molecule has 1 rings (SSSR count). The lowest BCUT2D eigenvalue weighted by Gasteiger charge is -2.12. The largest absolute Gasteiger partial charge is 0.491 e. The molecular formula is C13H21NO4S. The van der Waals surface area contributed by atoms with Crippen LogP contribution < -0.4 is 10.5 Å². The SMILES string of the molecule is COCCS(=O)CC(O)COc1ccc(CN)cc1. The van der Waals surface area contributed by atoms with Crippen LogP contribution in [0.25, 0.3) is 0 Å². The predicted octanol–water partition coefficient (Wildman–Crippen LogP) is 0.280. The molecule has 6 heteroatoms. The zero-order valence-corrected chi connectivity index (χ0v) is 11.9. The van der Waals surface area contributed by atoms with Crippen molar-refractivity contribution in [2.24, 2.45) is 5.73 Å². The fourth-order valence-electron chi connectivity index (χ4n) is 1.44. The number of hydrogen-bond acceptors (Lipinski definition) is 5. The van der Waals surface area contributed by atoms with E-state index in [4.69, 9.17) is 15.2 Å². The minimum Gasteiger partial charge on any atom is -0.491 e. The summed E-state index contributed by atoms with van der Waals surface area (Å²) in [4.78, 5) is 0. The van der Waals surface area contributed by atoms with E-state index >= 15 is 0 Å². The average molecular weight is 287 g/mol. The van der Waals surface area contributed by atoms with E-state index in [1.54, 1.807) is 19.2 Å². The zero-order valence-electron chi connectivity index (χ0n) is 11.1. The highest BCUT2D eigenvalue weighted by molar-refractivity contribution is 7.85. The molecule has 1 aromatic rings. The highest BCUT2D eigenvalue weighted by atomic mass is 32.2. The van der Waals surface area contributed by atoms with Crippen molar-refractivity contribution < 1.29 is 18.8 Å². The summed E-state index contributed by atoms with van der Waals surface area (Å²) >= 11 is 0. The number of methoxy groups -OCH3 is 1. The molecule has 5 nitrogen and oxygen atoms in total. The molecule has 0 aliphatic rings. The van der Waals surface area contributed by atoms with Crippen LogP contribution >= 0.6 is 0 Å². The lowest BCUT2D eigenvalue weighted by Crippen LogP contribution is -2.26. The summed E-state index contributed by atoms with van der Waals surface area (Å²) in [5, 5.41) is 9.70. The van der Waals surface area contributed by atoms with Gasteiger partial charge in [-0.05, 0) is 17.7 Å². The second kappa shape index (κ2) is 9.03. The van der Waals surface area contributed by atoms with Gasteiger partial charge in [-0.2, -0.15) is 0 Å². The zero-order chi connectivity index (χ0) is 14.1. The molecule has 108 valence electrons. The minimum absolute atomic E-state index is 0.126. The lowest BCUT2D eigenvalue weighted by atomic mass is 10.2. The molecule has 1 aromatic carbocycles. The van der Waals surface area contributed by atoms with Gasteiger partial charge in [0.1, 0.15) is 12.4 Å². The quantitative estimate of drug-likeness (QED) is 0.682. The van der Waals surface area contributed by atoms with E-state index in [9.17, 15) is 9.32 Å². The molecule has 2 atom stereocenters. The number of aliphatic hydroxyl groups is 1. The minimum atomic E-state index is -1.08. The van der Waals surface area contributed by atoms with Gasteiger partial charge in [-0.15, -0.1) is 0 Å².